The van der Waals surface area contributed by atoms with E-state index in [1.165, 1.54) is 27.7 Å². The third-order valence-electron chi connectivity index (χ3n) is 2.90. The second-order valence-corrected chi connectivity index (χ2v) is 4.39. The molecule has 0 fully saturated rings. The number of carboxylic acid groups (broad SMARTS) is 2. The lowest BCUT2D eigenvalue weighted by Gasteiger charge is -2.18. The Labute approximate surface area is 127 Å². The van der Waals surface area contributed by atoms with Gasteiger partial charge in [0.15, 0.2) is 0 Å². The number of esters is 2. The van der Waals surface area contributed by atoms with Crippen molar-refractivity contribution in [2.45, 2.75) is 27.7 Å². The molecule has 2 atom stereocenters. The highest BCUT2D eigenvalue weighted by atomic mass is 16.5. The maximum Gasteiger partial charge on any atom is 0.333 e. The summed E-state index contributed by atoms with van der Waals surface area (Å²) in [6.45, 7) is 5.53. The van der Waals surface area contributed by atoms with Crippen LogP contribution in [0.5, 0.6) is 0 Å². The molecule has 2 N–H and O–H groups in total. The number of carboxylic acids is 2. The molecule has 0 amide bonds. The first kappa shape index (κ1) is 19.6. The first-order valence-corrected chi connectivity index (χ1v) is 6.72. The van der Waals surface area contributed by atoms with Crippen LogP contribution < -0.4 is 0 Å². The number of hydrogen-bond acceptors (Lipinski definition) is 6. The van der Waals surface area contributed by atoms with Crippen molar-refractivity contribution in [1.82, 2.24) is 0 Å². The van der Waals surface area contributed by atoms with Crippen molar-refractivity contribution in [3.63, 3.8) is 0 Å². The fourth-order valence-corrected chi connectivity index (χ4v) is 1.84. The van der Waals surface area contributed by atoms with E-state index in [2.05, 4.69) is 0 Å². The zero-order valence-electron chi connectivity index (χ0n) is 12.9. The van der Waals surface area contributed by atoms with Gasteiger partial charge in [-0.25, -0.2) is 9.59 Å². The highest BCUT2D eigenvalue weighted by Gasteiger charge is 2.35. The Kier molecular flexibility index (Phi) is 7.85. The molecule has 8 nitrogen and oxygen atoms in total. The lowest BCUT2D eigenvalue weighted by Crippen LogP contribution is -2.30. The maximum atomic E-state index is 11.7. The Morgan fingerprint density at radius 1 is 0.773 bits per heavy atom. The molecule has 0 aromatic rings. The first-order valence-electron chi connectivity index (χ1n) is 6.72. The predicted molar refractivity (Wildman–Crippen MR) is 73.9 cm³/mol. The van der Waals surface area contributed by atoms with Crippen LogP contribution in [0.2, 0.25) is 0 Å². The van der Waals surface area contributed by atoms with Gasteiger partial charge in [0.05, 0.1) is 36.2 Å². The summed E-state index contributed by atoms with van der Waals surface area (Å²) >= 11 is 0. The molecule has 0 aliphatic rings. The zero-order chi connectivity index (χ0) is 17.4. The standard InChI is InChI=1S/C14H20O8/c1-5-21-13(19)7(3)9(11(15)16)10(12(17)18)8(4)14(20)22-6-2/h7-8H,5-6H2,1-4H3,(H,15,16)(H,17,18)/b10-9-/t7-,8-/m0/s1. The minimum atomic E-state index is -1.60. The van der Waals surface area contributed by atoms with Crippen LogP contribution in [0.1, 0.15) is 27.7 Å². The van der Waals surface area contributed by atoms with Gasteiger partial charge in [-0.05, 0) is 27.7 Å². The van der Waals surface area contributed by atoms with E-state index in [-0.39, 0.29) is 13.2 Å². The molecule has 0 saturated carbocycles. The molecule has 0 radical (unpaired) electrons. The van der Waals surface area contributed by atoms with Gasteiger partial charge in [-0.3, -0.25) is 9.59 Å². The molecule has 0 rings (SSSR count). The van der Waals surface area contributed by atoms with E-state index in [4.69, 9.17) is 9.47 Å². The summed E-state index contributed by atoms with van der Waals surface area (Å²) in [6, 6.07) is 0. The molecule has 0 heterocycles. The molecule has 0 aromatic carbocycles. The van der Waals surface area contributed by atoms with Gasteiger partial charge in [-0.15, -0.1) is 0 Å². The van der Waals surface area contributed by atoms with Crippen molar-refractivity contribution in [3.8, 4) is 0 Å². The van der Waals surface area contributed by atoms with Gasteiger partial charge in [0.2, 0.25) is 0 Å². The molecule has 0 spiro atoms. The van der Waals surface area contributed by atoms with E-state index in [1.807, 2.05) is 0 Å². The smallest absolute Gasteiger partial charge is 0.333 e. The van der Waals surface area contributed by atoms with Crippen LogP contribution in [0.25, 0.3) is 0 Å². The molecule has 0 unspecified atom stereocenters. The highest BCUT2D eigenvalue weighted by Crippen LogP contribution is 2.24. The summed E-state index contributed by atoms with van der Waals surface area (Å²) in [5.41, 5.74) is -1.38. The molecular formula is C14H20O8. The van der Waals surface area contributed by atoms with Crippen molar-refractivity contribution < 1.29 is 38.9 Å². The van der Waals surface area contributed by atoms with Crippen LogP contribution in [0.3, 0.4) is 0 Å². The predicted octanol–water partition coefficient (Wildman–Crippen LogP) is 0.851. The normalized spacial score (nSPS) is 14.4. The number of carbonyl (C=O) groups is 4. The molecule has 0 bridgehead atoms. The van der Waals surface area contributed by atoms with Crippen molar-refractivity contribution >= 4 is 23.9 Å². The fourth-order valence-electron chi connectivity index (χ4n) is 1.84. The number of rotatable bonds is 8. The number of hydrogen-bond donors (Lipinski definition) is 2. The van der Waals surface area contributed by atoms with E-state index in [9.17, 15) is 29.4 Å². The largest absolute Gasteiger partial charge is 0.478 e. The van der Waals surface area contributed by atoms with Gasteiger partial charge >= 0.3 is 23.9 Å². The molecule has 0 aliphatic heterocycles. The third kappa shape index (κ3) is 4.87. The first-order chi connectivity index (χ1) is 10.2. The number of ether oxygens (including phenoxy) is 2. The van der Waals surface area contributed by atoms with E-state index in [0.717, 1.165) is 0 Å². The van der Waals surface area contributed by atoms with Gasteiger partial charge in [0.1, 0.15) is 0 Å². The molecule has 0 saturated heterocycles. The van der Waals surface area contributed by atoms with Gasteiger partial charge in [-0.2, -0.15) is 0 Å². The summed E-state index contributed by atoms with van der Waals surface area (Å²) in [6.07, 6.45) is 0. The highest BCUT2D eigenvalue weighted by molar-refractivity contribution is 6.05. The van der Waals surface area contributed by atoms with E-state index >= 15 is 0 Å². The summed E-state index contributed by atoms with van der Waals surface area (Å²) < 4.78 is 9.41. The average molecular weight is 316 g/mol. The van der Waals surface area contributed by atoms with E-state index < -0.39 is 46.9 Å². The van der Waals surface area contributed by atoms with Crippen molar-refractivity contribution in [3.05, 3.63) is 11.1 Å². The minimum absolute atomic E-state index is 0.0197. The van der Waals surface area contributed by atoms with Crippen molar-refractivity contribution in [2.24, 2.45) is 11.8 Å². The molecule has 22 heavy (non-hydrogen) atoms. The fraction of sp³-hybridized carbons (Fsp3) is 0.571. The lowest BCUT2D eigenvalue weighted by molar-refractivity contribution is -0.150. The SMILES string of the molecule is CCOC(=O)[C@@H](C)/C(C(=O)O)=C(/C(=O)O)[C@H](C)C(=O)OCC. The average Bonchev–Trinajstić information content (AvgIpc) is 2.42. The van der Waals surface area contributed by atoms with Gasteiger partial charge in [0, 0.05) is 0 Å². The Morgan fingerprint density at radius 3 is 1.23 bits per heavy atom. The van der Waals surface area contributed by atoms with E-state index in [1.54, 1.807) is 0 Å². The van der Waals surface area contributed by atoms with Gasteiger partial charge in [-0.1, -0.05) is 0 Å². The molecule has 0 aliphatic carbocycles. The topological polar surface area (TPSA) is 127 Å². The van der Waals surface area contributed by atoms with Crippen LogP contribution in [0.15, 0.2) is 11.1 Å². The lowest BCUT2D eigenvalue weighted by atomic mass is 9.88. The third-order valence-corrected chi connectivity index (χ3v) is 2.90. The van der Waals surface area contributed by atoms with Crippen molar-refractivity contribution in [1.29, 1.82) is 0 Å². The quantitative estimate of drug-likeness (QED) is 0.498. The summed E-state index contributed by atoms with van der Waals surface area (Å²) in [5, 5.41) is 18.5. The number of carbonyl (C=O) groups excluding carboxylic acids is 2. The number of aliphatic carboxylic acids is 2. The Balaban J connectivity index is 5.97. The Morgan fingerprint density at radius 2 is 1.05 bits per heavy atom. The van der Waals surface area contributed by atoms with Crippen LogP contribution in [0.4, 0.5) is 0 Å². The van der Waals surface area contributed by atoms with E-state index in [0.29, 0.717) is 0 Å². The summed E-state index contributed by atoms with van der Waals surface area (Å²) in [7, 11) is 0. The van der Waals surface area contributed by atoms with Crippen molar-refractivity contribution in [2.75, 3.05) is 13.2 Å². The van der Waals surface area contributed by atoms with Crippen LogP contribution in [0, 0.1) is 11.8 Å². The Bertz CT molecular complexity index is 447. The van der Waals surface area contributed by atoms with Crippen LogP contribution in [-0.4, -0.2) is 47.3 Å². The van der Waals surface area contributed by atoms with Crippen LogP contribution in [-0.2, 0) is 28.7 Å². The van der Waals surface area contributed by atoms with Crippen LogP contribution >= 0.6 is 0 Å². The molecule has 0 aromatic heterocycles. The summed E-state index contributed by atoms with van der Waals surface area (Å²) in [5.74, 6) is -7.63. The molecular weight excluding hydrogens is 296 g/mol. The second kappa shape index (κ2) is 8.81. The second-order valence-electron chi connectivity index (χ2n) is 4.39. The summed E-state index contributed by atoms with van der Waals surface area (Å²) in [4.78, 5) is 46.2. The Hall–Kier alpha value is -2.38. The minimum Gasteiger partial charge on any atom is -0.478 e. The zero-order valence-corrected chi connectivity index (χ0v) is 12.9. The van der Waals surface area contributed by atoms with Gasteiger partial charge in [0.25, 0.3) is 0 Å². The molecule has 8 heteroatoms. The monoisotopic (exact) mass is 316 g/mol. The van der Waals surface area contributed by atoms with Gasteiger partial charge < -0.3 is 19.7 Å². The molecule has 124 valence electrons. The maximum absolute atomic E-state index is 11.7.